The van der Waals surface area contributed by atoms with Crippen molar-refractivity contribution in [2.75, 3.05) is 7.11 Å². The summed E-state index contributed by atoms with van der Waals surface area (Å²) in [5.41, 5.74) is 2.02. The fraction of sp³-hybridized carbons (Fsp3) is 0.200. The van der Waals surface area contributed by atoms with Gasteiger partial charge in [-0.25, -0.2) is 9.79 Å². The highest BCUT2D eigenvalue weighted by Gasteiger charge is 2.37. The van der Waals surface area contributed by atoms with Gasteiger partial charge in [-0.05, 0) is 36.6 Å². The van der Waals surface area contributed by atoms with Crippen LogP contribution in [0.1, 0.15) is 11.1 Å². The number of ether oxygens (including phenoxy) is 2. The van der Waals surface area contributed by atoms with Crippen molar-refractivity contribution in [2.45, 2.75) is 19.1 Å². The van der Waals surface area contributed by atoms with Crippen molar-refractivity contribution >= 4 is 22.6 Å². The number of nitrogens with zero attached hydrogens (tertiary/aromatic N) is 1. The van der Waals surface area contributed by atoms with Crippen LogP contribution in [0, 0.1) is 6.92 Å². The minimum absolute atomic E-state index is 0.131. The highest BCUT2D eigenvalue weighted by Crippen LogP contribution is 2.34. The molecule has 0 saturated heterocycles. The van der Waals surface area contributed by atoms with E-state index in [-0.39, 0.29) is 11.9 Å². The third kappa shape index (κ3) is 2.48. The van der Waals surface area contributed by atoms with Gasteiger partial charge >= 0.3 is 5.97 Å². The zero-order chi connectivity index (χ0) is 17.6. The molecule has 25 heavy (non-hydrogen) atoms. The van der Waals surface area contributed by atoms with Gasteiger partial charge < -0.3 is 14.6 Å². The van der Waals surface area contributed by atoms with Crippen LogP contribution >= 0.6 is 0 Å². The molecule has 0 saturated carbocycles. The van der Waals surface area contributed by atoms with E-state index >= 15 is 0 Å². The van der Waals surface area contributed by atoms with E-state index in [4.69, 9.17) is 9.47 Å². The Hall–Kier alpha value is -3.08. The number of esters is 1. The molecule has 5 heteroatoms. The summed E-state index contributed by atoms with van der Waals surface area (Å²) in [5, 5.41) is 12.4. The smallest absolute Gasteiger partial charge is 0.336 e. The summed E-state index contributed by atoms with van der Waals surface area (Å²) in [6.45, 7) is 1.97. The van der Waals surface area contributed by atoms with Gasteiger partial charge in [0.1, 0.15) is 17.9 Å². The van der Waals surface area contributed by atoms with Gasteiger partial charge in [-0.2, -0.15) is 0 Å². The van der Waals surface area contributed by atoms with E-state index < -0.39 is 12.0 Å². The number of allylic oxidation sites excluding steroid dienone is 2. The predicted octanol–water partition coefficient (Wildman–Crippen LogP) is 3.04. The molecule has 1 aliphatic heterocycles. The van der Waals surface area contributed by atoms with Gasteiger partial charge in [-0.1, -0.05) is 29.8 Å². The van der Waals surface area contributed by atoms with E-state index in [1.807, 2.05) is 37.3 Å². The van der Waals surface area contributed by atoms with Crippen LogP contribution in [-0.2, 0) is 14.3 Å². The third-order valence-electron chi connectivity index (χ3n) is 4.51. The molecular weight excluding hydrogens is 318 g/mol. The Morgan fingerprint density at radius 1 is 1.28 bits per heavy atom. The number of hydrogen-bond donors (Lipinski definition) is 1. The lowest BCUT2D eigenvalue weighted by molar-refractivity contribution is -0.136. The van der Waals surface area contributed by atoms with Gasteiger partial charge in [0.25, 0.3) is 0 Å². The molecule has 1 heterocycles. The van der Waals surface area contributed by atoms with Crippen LogP contribution in [0.4, 0.5) is 0 Å². The van der Waals surface area contributed by atoms with Gasteiger partial charge in [0.2, 0.25) is 5.90 Å². The second kappa shape index (κ2) is 5.77. The quantitative estimate of drug-likeness (QED) is 0.857. The number of benzene rings is 2. The minimum Gasteiger partial charge on any atom is -0.506 e. The molecule has 2 aromatic rings. The molecule has 2 atom stereocenters. The summed E-state index contributed by atoms with van der Waals surface area (Å²) in [7, 11) is 1.34. The average molecular weight is 335 g/mol. The molecule has 0 amide bonds. The Bertz CT molecular complexity index is 971. The zero-order valence-corrected chi connectivity index (χ0v) is 13.9. The monoisotopic (exact) mass is 335 g/mol. The summed E-state index contributed by atoms with van der Waals surface area (Å²) < 4.78 is 10.7. The van der Waals surface area contributed by atoms with Crippen LogP contribution in [0.5, 0.6) is 5.75 Å². The van der Waals surface area contributed by atoms with E-state index in [1.165, 1.54) is 7.11 Å². The maximum Gasteiger partial charge on any atom is 0.336 e. The molecule has 0 fully saturated rings. The molecule has 2 aromatic carbocycles. The summed E-state index contributed by atoms with van der Waals surface area (Å²) >= 11 is 0. The number of hydrogen-bond acceptors (Lipinski definition) is 5. The molecule has 4 rings (SSSR count). The SMILES string of the molecule is COC(=O)C1=CC=CC2OC(c3ccc4ccc(C)cc4c3O)=NC12. The third-order valence-corrected chi connectivity index (χ3v) is 4.51. The van der Waals surface area contributed by atoms with E-state index in [0.717, 1.165) is 16.3 Å². The number of phenols is 1. The minimum atomic E-state index is -0.458. The fourth-order valence-electron chi connectivity index (χ4n) is 3.21. The van der Waals surface area contributed by atoms with E-state index in [0.29, 0.717) is 17.0 Å². The standard InChI is InChI=1S/C20H17NO4/c1-11-6-7-12-8-9-14(18(22)15(12)10-11)19-21-17-13(20(23)24-2)4-3-5-16(17)25-19/h3-10,16-17,22H,1-2H3. The number of aromatic hydroxyl groups is 1. The second-order valence-corrected chi connectivity index (χ2v) is 6.15. The van der Waals surface area contributed by atoms with Crippen LogP contribution in [-0.4, -0.2) is 36.2 Å². The normalized spacial score (nSPS) is 21.4. The van der Waals surface area contributed by atoms with Crippen molar-refractivity contribution in [3.63, 3.8) is 0 Å². The molecule has 1 aliphatic carbocycles. The largest absolute Gasteiger partial charge is 0.506 e. The van der Waals surface area contributed by atoms with Gasteiger partial charge in [-0.3, -0.25) is 0 Å². The van der Waals surface area contributed by atoms with E-state index in [1.54, 1.807) is 18.2 Å². The molecule has 0 bridgehead atoms. The summed E-state index contributed by atoms with van der Waals surface area (Å²) in [4.78, 5) is 16.5. The van der Waals surface area contributed by atoms with Crippen LogP contribution in [0.2, 0.25) is 0 Å². The molecule has 0 aromatic heterocycles. The summed E-state index contributed by atoms with van der Waals surface area (Å²) in [6.07, 6.45) is 4.92. The van der Waals surface area contributed by atoms with Gasteiger partial charge in [0.05, 0.1) is 18.2 Å². The van der Waals surface area contributed by atoms with Crippen LogP contribution in [0.15, 0.2) is 59.1 Å². The first-order valence-electron chi connectivity index (χ1n) is 8.02. The van der Waals surface area contributed by atoms with Crippen molar-refractivity contribution in [1.82, 2.24) is 0 Å². The molecule has 2 aliphatic rings. The number of aliphatic imine (C=N–C) groups is 1. The van der Waals surface area contributed by atoms with Crippen LogP contribution < -0.4 is 0 Å². The topological polar surface area (TPSA) is 68.1 Å². The number of rotatable bonds is 2. The Kier molecular flexibility index (Phi) is 3.57. The molecule has 126 valence electrons. The van der Waals surface area contributed by atoms with Crippen molar-refractivity contribution in [1.29, 1.82) is 0 Å². The summed E-state index contributed by atoms with van der Waals surface area (Å²) in [6, 6.07) is 9.14. The maximum absolute atomic E-state index is 11.9. The Morgan fingerprint density at radius 3 is 2.88 bits per heavy atom. The first-order chi connectivity index (χ1) is 12.1. The zero-order valence-electron chi connectivity index (χ0n) is 13.9. The molecular formula is C20H17NO4. The van der Waals surface area contributed by atoms with Crippen molar-refractivity contribution in [3.8, 4) is 5.75 Å². The lowest BCUT2D eigenvalue weighted by Crippen LogP contribution is -2.28. The highest BCUT2D eigenvalue weighted by molar-refractivity contribution is 6.05. The number of carbonyl (C=O) groups excluding carboxylic acids is 1. The Labute approximate surface area is 144 Å². The molecule has 1 N–H and O–H groups in total. The summed E-state index contributed by atoms with van der Waals surface area (Å²) in [5.74, 6) is 0.0368. The van der Waals surface area contributed by atoms with Crippen LogP contribution in [0.25, 0.3) is 10.8 Å². The molecule has 0 radical (unpaired) electrons. The maximum atomic E-state index is 11.9. The average Bonchev–Trinajstić information content (AvgIpc) is 3.05. The van der Waals surface area contributed by atoms with Gasteiger partial charge in [0.15, 0.2) is 0 Å². The fourth-order valence-corrected chi connectivity index (χ4v) is 3.21. The number of carbonyl (C=O) groups is 1. The Balaban J connectivity index is 1.78. The number of methoxy groups -OCH3 is 1. The molecule has 5 nitrogen and oxygen atoms in total. The second-order valence-electron chi connectivity index (χ2n) is 6.15. The molecule has 2 unspecified atom stereocenters. The first-order valence-corrected chi connectivity index (χ1v) is 8.02. The number of fused-ring (bicyclic) bond motifs is 2. The van der Waals surface area contributed by atoms with E-state index in [9.17, 15) is 9.90 Å². The van der Waals surface area contributed by atoms with Gasteiger partial charge in [-0.15, -0.1) is 0 Å². The Morgan fingerprint density at radius 2 is 2.08 bits per heavy atom. The molecule has 0 spiro atoms. The highest BCUT2D eigenvalue weighted by atomic mass is 16.5. The first kappa shape index (κ1) is 15.4. The lowest BCUT2D eigenvalue weighted by atomic mass is 9.97. The van der Waals surface area contributed by atoms with Crippen molar-refractivity contribution in [2.24, 2.45) is 4.99 Å². The number of aryl methyl sites for hydroxylation is 1. The predicted molar refractivity (Wildman–Crippen MR) is 94.8 cm³/mol. The van der Waals surface area contributed by atoms with Crippen molar-refractivity contribution in [3.05, 3.63) is 65.3 Å². The van der Waals surface area contributed by atoms with Crippen LogP contribution in [0.3, 0.4) is 0 Å². The van der Waals surface area contributed by atoms with Crippen molar-refractivity contribution < 1.29 is 19.4 Å². The number of phenolic OH excluding ortho intramolecular Hbond substituents is 1. The van der Waals surface area contributed by atoms with Gasteiger partial charge in [0, 0.05) is 5.39 Å². The lowest BCUT2D eigenvalue weighted by Gasteiger charge is -2.18. The van der Waals surface area contributed by atoms with E-state index in [2.05, 4.69) is 4.99 Å².